The summed E-state index contributed by atoms with van der Waals surface area (Å²) in [4.78, 5) is 36.8. The van der Waals surface area contributed by atoms with Gasteiger partial charge in [-0.25, -0.2) is 14.4 Å². The molecule has 0 saturated carbocycles. The Labute approximate surface area is 138 Å². The lowest BCUT2D eigenvalue weighted by molar-refractivity contribution is -0.139. The van der Waals surface area contributed by atoms with Crippen LogP contribution in [0, 0.1) is 0 Å². The summed E-state index contributed by atoms with van der Waals surface area (Å²) in [6.45, 7) is 0. The summed E-state index contributed by atoms with van der Waals surface area (Å²) in [5.41, 5.74) is 0.352. The van der Waals surface area contributed by atoms with E-state index in [4.69, 9.17) is 14.6 Å². The minimum atomic E-state index is -1.11. The maximum atomic E-state index is 12.2. The van der Waals surface area contributed by atoms with E-state index in [1.165, 1.54) is 49.6 Å². The number of allylic oxidation sites excluding steroid dienone is 2. The van der Waals surface area contributed by atoms with Gasteiger partial charge in [0.2, 0.25) is 0 Å². The fraction of sp³-hybridized carbons (Fsp3) is 0.118. The molecule has 0 amide bonds. The number of carbonyl (C=O) groups excluding carboxylic acids is 2. The lowest BCUT2D eigenvalue weighted by Gasteiger charge is -2.23. The first-order chi connectivity index (χ1) is 11.5. The zero-order valence-corrected chi connectivity index (χ0v) is 13.1. The summed E-state index contributed by atoms with van der Waals surface area (Å²) in [6, 6.07) is 5.96. The summed E-state index contributed by atoms with van der Waals surface area (Å²) >= 11 is 0. The molecule has 1 aromatic carbocycles. The number of hydrogen-bond acceptors (Lipinski definition) is 6. The second-order valence-corrected chi connectivity index (χ2v) is 4.67. The Bertz CT molecular complexity index is 775. The first kappa shape index (κ1) is 17.0. The molecule has 0 unspecified atom stereocenters. The van der Waals surface area contributed by atoms with E-state index < -0.39 is 17.9 Å². The molecule has 7 heteroatoms. The number of anilines is 1. The maximum Gasteiger partial charge on any atom is 0.355 e. The number of nitrogens with zero attached hydrogens (tertiary/aromatic N) is 1. The van der Waals surface area contributed by atoms with Crippen molar-refractivity contribution in [2.45, 2.75) is 0 Å². The Balaban J connectivity index is 2.65. The number of carbonyl (C=O) groups is 3. The van der Waals surface area contributed by atoms with Crippen LogP contribution in [0.2, 0.25) is 0 Å². The molecule has 0 aliphatic carbocycles. The molecule has 0 aromatic heterocycles. The van der Waals surface area contributed by atoms with Gasteiger partial charge >= 0.3 is 17.9 Å². The average molecular weight is 329 g/mol. The predicted octanol–water partition coefficient (Wildman–Crippen LogP) is 1.87. The van der Waals surface area contributed by atoms with Crippen LogP contribution < -0.4 is 4.90 Å². The molecule has 0 spiro atoms. The molecule has 2 rings (SSSR count). The number of ether oxygens (including phenoxy) is 2. The number of carboxylic acid groups (broad SMARTS) is 1. The standard InChI is InChI=1S/C17H15NO6/c1-23-16(21)13-8-3-4-9-18(14(13)17(22)24-2)12-7-5-6-11(10-12)15(19)20/h3-10H,1-2H3,(H,19,20). The highest BCUT2D eigenvalue weighted by Gasteiger charge is 2.27. The Morgan fingerprint density at radius 3 is 2.38 bits per heavy atom. The Hall–Kier alpha value is -3.35. The summed E-state index contributed by atoms with van der Waals surface area (Å²) in [6.07, 6.45) is 6.12. The average Bonchev–Trinajstić information content (AvgIpc) is 2.83. The molecular weight excluding hydrogens is 314 g/mol. The number of aromatic carboxylic acids is 1. The highest BCUT2D eigenvalue weighted by atomic mass is 16.5. The molecule has 24 heavy (non-hydrogen) atoms. The lowest BCUT2D eigenvalue weighted by atomic mass is 10.1. The molecule has 0 atom stereocenters. The highest BCUT2D eigenvalue weighted by molar-refractivity contribution is 6.05. The molecule has 1 aromatic rings. The number of hydrogen-bond donors (Lipinski definition) is 1. The molecule has 0 bridgehead atoms. The summed E-state index contributed by atoms with van der Waals surface area (Å²) in [5.74, 6) is -2.58. The minimum absolute atomic E-state index is 0.00456. The number of esters is 2. The van der Waals surface area contributed by atoms with Gasteiger partial charge in [-0.3, -0.25) is 0 Å². The van der Waals surface area contributed by atoms with Crippen molar-refractivity contribution >= 4 is 23.6 Å². The van der Waals surface area contributed by atoms with Crippen LogP contribution in [-0.4, -0.2) is 37.2 Å². The van der Waals surface area contributed by atoms with Crippen molar-refractivity contribution in [1.29, 1.82) is 0 Å². The monoisotopic (exact) mass is 329 g/mol. The zero-order chi connectivity index (χ0) is 17.7. The predicted molar refractivity (Wildman–Crippen MR) is 85.2 cm³/mol. The van der Waals surface area contributed by atoms with Crippen LogP contribution in [0.25, 0.3) is 0 Å². The van der Waals surface area contributed by atoms with Crippen LogP contribution in [0.4, 0.5) is 5.69 Å². The van der Waals surface area contributed by atoms with Gasteiger partial charge in [0, 0.05) is 11.9 Å². The molecule has 1 aliphatic heterocycles. The summed E-state index contributed by atoms with van der Waals surface area (Å²) in [7, 11) is 2.39. The molecule has 0 saturated heterocycles. The quantitative estimate of drug-likeness (QED) is 0.843. The fourth-order valence-electron chi connectivity index (χ4n) is 2.15. The SMILES string of the molecule is COC(=O)C1=C(C(=O)OC)N(c2cccc(C(=O)O)c2)C=CC=C1. The van der Waals surface area contributed by atoms with E-state index >= 15 is 0 Å². The van der Waals surface area contributed by atoms with Gasteiger partial charge in [-0.05, 0) is 30.4 Å². The van der Waals surface area contributed by atoms with E-state index in [0.717, 1.165) is 0 Å². The minimum Gasteiger partial charge on any atom is -0.478 e. The van der Waals surface area contributed by atoms with Gasteiger partial charge in [-0.1, -0.05) is 12.1 Å². The van der Waals surface area contributed by atoms with E-state index in [9.17, 15) is 14.4 Å². The Morgan fingerprint density at radius 1 is 1.04 bits per heavy atom. The first-order valence-corrected chi connectivity index (χ1v) is 6.88. The molecule has 0 radical (unpaired) electrons. The van der Waals surface area contributed by atoms with Gasteiger partial charge in [0.05, 0.1) is 25.4 Å². The normalized spacial score (nSPS) is 13.5. The third-order valence-electron chi connectivity index (χ3n) is 3.26. The van der Waals surface area contributed by atoms with Crippen LogP contribution in [0.1, 0.15) is 10.4 Å². The maximum absolute atomic E-state index is 12.2. The van der Waals surface area contributed by atoms with Gasteiger partial charge in [-0.2, -0.15) is 0 Å². The van der Waals surface area contributed by atoms with Gasteiger partial charge in [0.25, 0.3) is 0 Å². The van der Waals surface area contributed by atoms with Crippen LogP contribution >= 0.6 is 0 Å². The van der Waals surface area contributed by atoms with Crippen molar-refractivity contribution in [2.24, 2.45) is 0 Å². The van der Waals surface area contributed by atoms with Crippen LogP contribution in [-0.2, 0) is 19.1 Å². The van der Waals surface area contributed by atoms with Gasteiger partial charge < -0.3 is 19.5 Å². The molecular formula is C17H15NO6. The van der Waals surface area contributed by atoms with E-state index in [1.54, 1.807) is 18.2 Å². The van der Waals surface area contributed by atoms with E-state index in [-0.39, 0.29) is 16.8 Å². The topological polar surface area (TPSA) is 93.1 Å². The highest BCUT2D eigenvalue weighted by Crippen LogP contribution is 2.27. The number of methoxy groups -OCH3 is 2. The van der Waals surface area contributed by atoms with E-state index in [2.05, 4.69) is 0 Å². The van der Waals surface area contributed by atoms with E-state index in [0.29, 0.717) is 5.69 Å². The second-order valence-electron chi connectivity index (χ2n) is 4.67. The number of benzene rings is 1. The second kappa shape index (κ2) is 7.28. The summed E-state index contributed by atoms with van der Waals surface area (Å²) in [5, 5.41) is 9.14. The molecule has 7 nitrogen and oxygen atoms in total. The summed E-state index contributed by atoms with van der Waals surface area (Å²) < 4.78 is 9.48. The van der Waals surface area contributed by atoms with Crippen molar-refractivity contribution < 1.29 is 29.0 Å². The van der Waals surface area contributed by atoms with Crippen molar-refractivity contribution in [1.82, 2.24) is 0 Å². The Kier molecular flexibility index (Phi) is 5.16. The van der Waals surface area contributed by atoms with Crippen LogP contribution in [0.15, 0.2) is 60.0 Å². The van der Waals surface area contributed by atoms with Crippen molar-refractivity contribution in [2.75, 3.05) is 19.1 Å². The van der Waals surface area contributed by atoms with Gasteiger partial charge in [-0.15, -0.1) is 0 Å². The molecule has 1 N–H and O–H groups in total. The number of carboxylic acids is 1. The fourth-order valence-corrected chi connectivity index (χ4v) is 2.15. The third-order valence-corrected chi connectivity index (χ3v) is 3.26. The largest absolute Gasteiger partial charge is 0.478 e. The Morgan fingerprint density at radius 2 is 1.75 bits per heavy atom. The smallest absolute Gasteiger partial charge is 0.355 e. The molecule has 124 valence electrons. The van der Waals surface area contributed by atoms with E-state index in [1.807, 2.05) is 0 Å². The van der Waals surface area contributed by atoms with Crippen molar-refractivity contribution in [3.63, 3.8) is 0 Å². The third kappa shape index (κ3) is 3.35. The van der Waals surface area contributed by atoms with Crippen LogP contribution in [0.3, 0.4) is 0 Å². The zero-order valence-electron chi connectivity index (χ0n) is 13.1. The van der Waals surface area contributed by atoms with Crippen molar-refractivity contribution in [3.8, 4) is 0 Å². The lowest BCUT2D eigenvalue weighted by Crippen LogP contribution is -2.27. The van der Waals surface area contributed by atoms with Crippen molar-refractivity contribution in [3.05, 3.63) is 65.5 Å². The van der Waals surface area contributed by atoms with Crippen LogP contribution in [0.5, 0.6) is 0 Å². The van der Waals surface area contributed by atoms with Gasteiger partial charge in [0.1, 0.15) is 5.70 Å². The molecule has 1 aliphatic rings. The molecule has 1 heterocycles. The first-order valence-electron chi connectivity index (χ1n) is 6.88. The van der Waals surface area contributed by atoms with Gasteiger partial charge in [0.15, 0.2) is 0 Å². The number of rotatable bonds is 4. The molecule has 0 fully saturated rings.